The van der Waals surface area contributed by atoms with Gasteiger partial charge in [-0.05, 0) is 17.7 Å². The van der Waals surface area contributed by atoms with Crippen LogP contribution >= 0.6 is 0 Å². The van der Waals surface area contributed by atoms with Crippen molar-refractivity contribution < 1.29 is 14.3 Å². The number of amides is 1. The number of hydrogen-bond donors (Lipinski definition) is 1. The van der Waals surface area contributed by atoms with Gasteiger partial charge >= 0.3 is 5.97 Å². The number of methoxy groups -OCH3 is 1. The van der Waals surface area contributed by atoms with E-state index in [-0.39, 0.29) is 11.8 Å². The van der Waals surface area contributed by atoms with Gasteiger partial charge in [-0.1, -0.05) is 26.0 Å². The van der Waals surface area contributed by atoms with Gasteiger partial charge in [0.25, 0.3) is 0 Å². The molecule has 106 valence electrons. The van der Waals surface area contributed by atoms with Crippen molar-refractivity contribution in [1.82, 2.24) is 5.32 Å². The maximum absolute atomic E-state index is 11.7. The van der Waals surface area contributed by atoms with Gasteiger partial charge in [-0.25, -0.2) is 4.79 Å². The van der Waals surface area contributed by atoms with Gasteiger partial charge in [0, 0.05) is 12.3 Å². The van der Waals surface area contributed by atoms with Crippen LogP contribution < -0.4 is 5.32 Å². The monoisotopic (exact) mass is 274 g/mol. The van der Waals surface area contributed by atoms with Gasteiger partial charge in [-0.15, -0.1) is 0 Å². The highest BCUT2D eigenvalue weighted by Crippen LogP contribution is 2.08. The molecule has 0 spiro atoms. The molecule has 20 heavy (non-hydrogen) atoms. The summed E-state index contributed by atoms with van der Waals surface area (Å²) < 4.78 is 4.70. The summed E-state index contributed by atoms with van der Waals surface area (Å²) in [5.74, 6) is -0.888. The minimum atomic E-state index is -0.720. The van der Waals surface area contributed by atoms with Crippen LogP contribution in [-0.4, -0.2) is 25.0 Å². The van der Waals surface area contributed by atoms with E-state index in [1.165, 1.54) is 7.11 Å². The molecule has 1 amide bonds. The molecule has 0 bridgehead atoms. The van der Waals surface area contributed by atoms with Gasteiger partial charge in [-0.2, -0.15) is 5.26 Å². The summed E-state index contributed by atoms with van der Waals surface area (Å²) in [7, 11) is 1.29. The largest absolute Gasteiger partial charge is 0.467 e. The highest BCUT2D eigenvalue weighted by molar-refractivity contribution is 5.85. The number of rotatable bonds is 5. The highest BCUT2D eigenvalue weighted by atomic mass is 16.5. The first-order valence-corrected chi connectivity index (χ1v) is 6.35. The third-order valence-electron chi connectivity index (χ3n) is 2.85. The zero-order chi connectivity index (χ0) is 15.1. The number of hydrogen-bond acceptors (Lipinski definition) is 4. The third kappa shape index (κ3) is 4.39. The summed E-state index contributed by atoms with van der Waals surface area (Å²) >= 11 is 0. The normalized spacial score (nSPS) is 11.6. The SMILES string of the molecule is COC(=O)[C@@H](Cc1ccc(C#N)cc1)NC(=O)C(C)C. The van der Waals surface area contributed by atoms with Crippen LogP contribution in [0.4, 0.5) is 0 Å². The highest BCUT2D eigenvalue weighted by Gasteiger charge is 2.22. The summed E-state index contributed by atoms with van der Waals surface area (Å²) in [6.45, 7) is 3.51. The van der Waals surface area contributed by atoms with Crippen LogP contribution in [0.5, 0.6) is 0 Å². The van der Waals surface area contributed by atoms with Crippen LogP contribution in [0, 0.1) is 17.2 Å². The lowest BCUT2D eigenvalue weighted by atomic mass is 10.0. The number of esters is 1. The molecule has 1 rings (SSSR count). The number of carbonyl (C=O) groups excluding carboxylic acids is 2. The van der Waals surface area contributed by atoms with E-state index >= 15 is 0 Å². The molecule has 0 aliphatic rings. The Labute approximate surface area is 118 Å². The van der Waals surface area contributed by atoms with Crippen LogP contribution in [0.25, 0.3) is 0 Å². The van der Waals surface area contributed by atoms with Crippen LogP contribution in [0.2, 0.25) is 0 Å². The predicted molar refractivity (Wildman–Crippen MR) is 73.6 cm³/mol. The zero-order valence-electron chi connectivity index (χ0n) is 11.8. The van der Waals surface area contributed by atoms with E-state index in [1.807, 2.05) is 6.07 Å². The standard InChI is InChI=1S/C15H18N2O3/c1-10(2)14(18)17-13(15(19)20-3)8-11-4-6-12(9-16)7-5-11/h4-7,10,13H,8H2,1-3H3,(H,17,18)/t13-/m1/s1. The van der Waals surface area contributed by atoms with Gasteiger partial charge in [0.2, 0.25) is 5.91 Å². The number of benzene rings is 1. The average molecular weight is 274 g/mol. The predicted octanol–water partition coefficient (Wildman–Crippen LogP) is 1.41. The van der Waals surface area contributed by atoms with Crippen LogP contribution in [0.3, 0.4) is 0 Å². The fraction of sp³-hybridized carbons (Fsp3) is 0.400. The van der Waals surface area contributed by atoms with Crippen molar-refractivity contribution >= 4 is 11.9 Å². The molecular formula is C15H18N2O3. The molecule has 1 aromatic carbocycles. The van der Waals surface area contributed by atoms with Gasteiger partial charge in [-0.3, -0.25) is 4.79 Å². The molecule has 1 atom stereocenters. The Hall–Kier alpha value is -2.35. The number of nitriles is 1. The van der Waals surface area contributed by atoms with Gasteiger partial charge in [0.05, 0.1) is 18.7 Å². The van der Waals surface area contributed by atoms with Gasteiger partial charge < -0.3 is 10.1 Å². The van der Waals surface area contributed by atoms with E-state index in [2.05, 4.69) is 5.32 Å². The molecule has 0 unspecified atom stereocenters. The van der Waals surface area contributed by atoms with Crippen LogP contribution in [0.1, 0.15) is 25.0 Å². The van der Waals surface area contributed by atoms with Crippen LogP contribution in [0.15, 0.2) is 24.3 Å². The second kappa shape index (κ2) is 7.29. The zero-order valence-corrected chi connectivity index (χ0v) is 11.8. The molecule has 0 heterocycles. The van der Waals surface area contributed by atoms with Crippen molar-refractivity contribution in [2.45, 2.75) is 26.3 Å². The number of carbonyl (C=O) groups is 2. The van der Waals surface area contributed by atoms with Crippen molar-refractivity contribution in [2.24, 2.45) is 5.92 Å². The minimum absolute atomic E-state index is 0.200. The Kier molecular flexibility index (Phi) is 5.73. The fourth-order valence-electron chi connectivity index (χ4n) is 1.63. The summed E-state index contributed by atoms with van der Waals surface area (Å²) in [5, 5.41) is 11.4. The maximum atomic E-state index is 11.7. The molecule has 0 fully saturated rings. The van der Waals surface area contributed by atoms with Crippen molar-refractivity contribution in [1.29, 1.82) is 5.26 Å². The summed E-state index contributed by atoms with van der Waals surface area (Å²) in [6.07, 6.45) is 0.330. The van der Waals surface area contributed by atoms with Crippen LogP contribution in [-0.2, 0) is 20.7 Å². The van der Waals surface area contributed by atoms with E-state index in [9.17, 15) is 9.59 Å². The minimum Gasteiger partial charge on any atom is -0.467 e. The summed E-state index contributed by atoms with van der Waals surface area (Å²) in [4.78, 5) is 23.4. The fourth-order valence-corrected chi connectivity index (χ4v) is 1.63. The molecule has 0 saturated heterocycles. The Morgan fingerprint density at radius 2 is 1.90 bits per heavy atom. The lowest BCUT2D eigenvalue weighted by Gasteiger charge is -2.18. The molecule has 5 heteroatoms. The lowest BCUT2D eigenvalue weighted by molar-refractivity contribution is -0.145. The van der Waals surface area contributed by atoms with E-state index in [1.54, 1.807) is 38.1 Å². The number of nitrogens with zero attached hydrogens (tertiary/aromatic N) is 1. The quantitative estimate of drug-likeness (QED) is 0.823. The Balaban J connectivity index is 2.81. The molecule has 0 saturated carbocycles. The third-order valence-corrected chi connectivity index (χ3v) is 2.85. The molecule has 5 nitrogen and oxygen atoms in total. The molecular weight excluding hydrogens is 256 g/mol. The summed E-state index contributed by atoms with van der Waals surface area (Å²) in [5.41, 5.74) is 1.40. The topological polar surface area (TPSA) is 79.2 Å². The first-order valence-electron chi connectivity index (χ1n) is 6.35. The second-order valence-electron chi connectivity index (χ2n) is 4.75. The van der Waals surface area contributed by atoms with E-state index in [4.69, 9.17) is 10.00 Å². The number of nitrogens with one attached hydrogen (secondary N) is 1. The van der Waals surface area contributed by atoms with E-state index in [0.29, 0.717) is 12.0 Å². The van der Waals surface area contributed by atoms with E-state index in [0.717, 1.165) is 5.56 Å². The molecule has 0 aliphatic carbocycles. The van der Waals surface area contributed by atoms with Crippen molar-refractivity contribution in [3.63, 3.8) is 0 Å². The average Bonchev–Trinajstić information content (AvgIpc) is 2.46. The van der Waals surface area contributed by atoms with E-state index < -0.39 is 12.0 Å². The first kappa shape index (κ1) is 15.7. The Bertz CT molecular complexity index is 515. The Morgan fingerprint density at radius 3 is 2.35 bits per heavy atom. The van der Waals surface area contributed by atoms with Gasteiger partial charge in [0.1, 0.15) is 6.04 Å². The van der Waals surface area contributed by atoms with Crippen molar-refractivity contribution in [2.75, 3.05) is 7.11 Å². The molecule has 0 radical (unpaired) electrons. The smallest absolute Gasteiger partial charge is 0.328 e. The molecule has 0 aromatic heterocycles. The number of ether oxygens (including phenoxy) is 1. The van der Waals surface area contributed by atoms with Crippen molar-refractivity contribution in [3.8, 4) is 6.07 Å². The molecule has 1 N–H and O–H groups in total. The van der Waals surface area contributed by atoms with Crippen molar-refractivity contribution in [3.05, 3.63) is 35.4 Å². The summed E-state index contributed by atoms with van der Waals surface area (Å²) in [6, 6.07) is 8.18. The lowest BCUT2D eigenvalue weighted by Crippen LogP contribution is -2.44. The Morgan fingerprint density at radius 1 is 1.30 bits per heavy atom. The van der Waals surface area contributed by atoms with Gasteiger partial charge in [0.15, 0.2) is 0 Å². The molecule has 0 aliphatic heterocycles. The first-order chi connectivity index (χ1) is 9.47. The molecule has 1 aromatic rings. The second-order valence-corrected chi connectivity index (χ2v) is 4.75. The maximum Gasteiger partial charge on any atom is 0.328 e.